The number of rotatable bonds is 8. The van der Waals surface area contributed by atoms with Crippen LogP contribution in [-0.2, 0) is 4.43 Å². The molecule has 0 aromatic carbocycles. The van der Waals surface area contributed by atoms with Crippen LogP contribution in [0.2, 0.25) is 18.1 Å². The number of aliphatic hydroxyl groups is 1. The SMILES string of the molecule is C=CCCCC(O)C=CCO[Si](C)(C)C(C)(C)C. The number of hydrogen-bond acceptors (Lipinski definition) is 2. The molecule has 0 radical (unpaired) electrons. The standard InChI is InChI=1S/C15H30O2Si/c1-7-8-9-11-14(16)12-10-13-17-18(5,6)15(2,3)4/h7,10,12,14,16H,1,8-9,11,13H2,2-6H3. The largest absolute Gasteiger partial charge is 0.413 e. The molecule has 1 atom stereocenters. The van der Waals surface area contributed by atoms with Gasteiger partial charge >= 0.3 is 0 Å². The summed E-state index contributed by atoms with van der Waals surface area (Å²) >= 11 is 0. The van der Waals surface area contributed by atoms with Crippen LogP contribution in [0.25, 0.3) is 0 Å². The van der Waals surface area contributed by atoms with Gasteiger partial charge in [-0.2, -0.15) is 0 Å². The first kappa shape index (κ1) is 17.6. The lowest BCUT2D eigenvalue weighted by atomic mass is 10.1. The summed E-state index contributed by atoms with van der Waals surface area (Å²) in [6, 6.07) is 0. The van der Waals surface area contributed by atoms with Crippen molar-refractivity contribution in [3.05, 3.63) is 24.8 Å². The molecule has 0 saturated heterocycles. The fourth-order valence-electron chi connectivity index (χ4n) is 1.25. The van der Waals surface area contributed by atoms with E-state index in [9.17, 15) is 5.11 Å². The van der Waals surface area contributed by atoms with Crippen LogP contribution in [-0.4, -0.2) is 26.1 Å². The molecular weight excluding hydrogens is 240 g/mol. The van der Waals surface area contributed by atoms with E-state index in [2.05, 4.69) is 40.4 Å². The van der Waals surface area contributed by atoms with Gasteiger partial charge in [0.1, 0.15) is 0 Å². The summed E-state index contributed by atoms with van der Waals surface area (Å²) in [6.07, 6.45) is 8.06. The molecule has 1 N–H and O–H groups in total. The van der Waals surface area contributed by atoms with E-state index < -0.39 is 8.32 Å². The highest BCUT2D eigenvalue weighted by Gasteiger charge is 2.36. The predicted molar refractivity (Wildman–Crippen MR) is 82.3 cm³/mol. The van der Waals surface area contributed by atoms with Gasteiger partial charge in [-0.3, -0.25) is 0 Å². The molecule has 3 heteroatoms. The van der Waals surface area contributed by atoms with E-state index in [0.717, 1.165) is 19.3 Å². The van der Waals surface area contributed by atoms with Gasteiger partial charge in [0.25, 0.3) is 0 Å². The topological polar surface area (TPSA) is 29.5 Å². The molecule has 0 aliphatic carbocycles. The molecule has 0 aliphatic heterocycles. The monoisotopic (exact) mass is 270 g/mol. The third kappa shape index (κ3) is 7.14. The number of hydrogen-bond donors (Lipinski definition) is 1. The van der Waals surface area contributed by atoms with Crippen LogP contribution in [0.3, 0.4) is 0 Å². The summed E-state index contributed by atoms with van der Waals surface area (Å²) < 4.78 is 5.99. The average Bonchev–Trinajstić information content (AvgIpc) is 2.23. The van der Waals surface area contributed by atoms with Gasteiger partial charge in [0.15, 0.2) is 8.32 Å². The van der Waals surface area contributed by atoms with Crippen molar-refractivity contribution in [1.82, 2.24) is 0 Å². The summed E-state index contributed by atoms with van der Waals surface area (Å²) in [4.78, 5) is 0. The molecule has 0 amide bonds. The van der Waals surface area contributed by atoms with Gasteiger partial charge in [0.05, 0.1) is 12.7 Å². The molecule has 0 rings (SSSR count). The maximum absolute atomic E-state index is 9.70. The van der Waals surface area contributed by atoms with Crippen molar-refractivity contribution in [2.75, 3.05) is 6.61 Å². The first-order chi connectivity index (χ1) is 8.20. The summed E-state index contributed by atoms with van der Waals surface area (Å²) in [5.74, 6) is 0. The number of unbranched alkanes of at least 4 members (excludes halogenated alkanes) is 1. The van der Waals surface area contributed by atoms with Gasteiger partial charge < -0.3 is 9.53 Å². The minimum atomic E-state index is -1.65. The quantitative estimate of drug-likeness (QED) is 0.405. The van der Waals surface area contributed by atoms with Crippen LogP contribution in [0, 0.1) is 0 Å². The van der Waals surface area contributed by atoms with Crippen LogP contribution in [0.5, 0.6) is 0 Å². The fourth-order valence-corrected chi connectivity index (χ4v) is 2.20. The van der Waals surface area contributed by atoms with Crippen molar-refractivity contribution < 1.29 is 9.53 Å². The third-order valence-corrected chi connectivity index (χ3v) is 8.11. The second kappa shape index (κ2) is 7.92. The Bertz CT molecular complexity index is 264. The van der Waals surface area contributed by atoms with Gasteiger partial charge in [-0.05, 0) is 37.4 Å². The van der Waals surface area contributed by atoms with Crippen molar-refractivity contribution in [2.45, 2.75) is 64.3 Å². The summed E-state index contributed by atoms with van der Waals surface area (Å²) in [6.45, 7) is 15.4. The second-order valence-electron chi connectivity index (χ2n) is 6.29. The van der Waals surface area contributed by atoms with Crippen LogP contribution in [0.4, 0.5) is 0 Å². The van der Waals surface area contributed by atoms with E-state index >= 15 is 0 Å². The normalized spacial score (nSPS) is 15.0. The molecule has 106 valence electrons. The van der Waals surface area contributed by atoms with Crippen molar-refractivity contribution in [2.24, 2.45) is 0 Å². The maximum atomic E-state index is 9.70. The van der Waals surface area contributed by atoms with E-state index in [1.807, 2.05) is 18.2 Å². The minimum Gasteiger partial charge on any atom is -0.413 e. The lowest BCUT2D eigenvalue weighted by Gasteiger charge is -2.35. The molecule has 0 saturated carbocycles. The Morgan fingerprint density at radius 3 is 2.44 bits per heavy atom. The lowest BCUT2D eigenvalue weighted by Crippen LogP contribution is -2.40. The molecule has 2 nitrogen and oxygen atoms in total. The van der Waals surface area contributed by atoms with Crippen molar-refractivity contribution in [1.29, 1.82) is 0 Å². The van der Waals surface area contributed by atoms with Gasteiger partial charge in [-0.25, -0.2) is 0 Å². The Hall–Kier alpha value is -0.383. The van der Waals surface area contributed by atoms with Gasteiger partial charge in [0, 0.05) is 0 Å². The Morgan fingerprint density at radius 2 is 1.94 bits per heavy atom. The first-order valence-electron chi connectivity index (χ1n) is 6.80. The number of allylic oxidation sites excluding steroid dienone is 1. The maximum Gasteiger partial charge on any atom is 0.192 e. The summed E-state index contributed by atoms with van der Waals surface area (Å²) in [5, 5.41) is 9.94. The average molecular weight is 270 g/mol. The Balaban J connectivity index is 3.93. The molecule has 0 spiro atoms. The molecular formula is C15H30O2Si. The number of aliphatic hydroxyl groups excluding tert-OH is 1. The highest BCUT2D eigenvalue weighted by atomic mass is 28.4. The molecule has 0 aliphatic rings. The zero-order chi connectivity index (χ0) is 14.2. The molecule has 0 bridgehead atoms. The molecule has 0 heterocycles. The van der Waals surface area contributed by atoms with E-state index in [1.54, 1.807) is 0 Å². The smallest absolute Gasteiger partial charge is 0.192 e. The van der Waals surface area contributed by atoms with Crippen LogP contribution >= 0.6 is 0 Å². The van der Waals surface area contributed by atoms with Gasteiger partial charge in [-0.1, -0.05) is 39.0 Å². The molecule has 0 aromatic rings. The van der Waals surface area contributed by atoms with Gasteiger partial charge in [-0.15, -0.1) is 6.58 Å². The highest BCUT2D eigenvalue weighted by Crippen LogP contribution is 2.36. The van der Waals surface area contributed by atoms with E-state index in [0.29, 0.717) is 6.61 Å². The minimum absolute atomic E-state index is 0.240. The summed E-state index contributed by atoms with van der Waals surface area (Å²) in [5.41, 5.74) is 0. The highest BCUT2D eigenvalue weighted by molar-refractivity contribution is 6.74. The Labute approximate surface area is 114 Å². The predicted octanol–water partition coefficient (Wildman–Crippen LogP) is 4.28. The van der Waals surface area contributed by atoms with E-state index in [-0.39, 0.29) is 11.1 Å². The Kier molecular flexibility index (Phi) is 7.75. The Morgan fingerprint density at radius 1 is 1.33 bits per heavy atom. The molecule has 18 heavy (non-hydrogen) atoms. The van der Waals surface area contributed by atoms with E-state index in [4.69, 9.17) is 4.43 Å². The molecule has 0 aromatic heterocycles. The van der Waals surface area contributed by atoms with Crippen molar-refractivity contribution in [3.8, 4) is 0 Å². The van der Waals surface area contributed by atoms with E-state index in [1.165, 1.54) is 0 Å². The fraction of sp³-hybridized carbons (Fsp3) is 0.733. The zero-order valence-electron chi connectivity index (χ0n) is 12.7. The molecule has 1 unspecified atom stereocenters. The van der Waals surface area contributed by atoms with Crippen LogP contribution in [0.1, 0.15) is 40.0 Å². The first-order valence-corrected chi connectivity index (χ1v) is 9.71. The van der Waals surface area contributed by atoms with Gasteiger partial charge in [0.2, 0.25) is 0 Å². The van der Waals surface area contributed by atoms with Crippen LogP contribution in [0.15, 0.2) is 24.8 Å². The molecule has 0 fully saturated rings. The summed E-state index contributed by atoms with van der Waals surface area (Å²) in [7, 11) is -1.65. The van der Waals surface area contributed by atoms with Crippen LogP contribution < -0.4 is 0 Å². The van der Waals surface area contributed by atoms with Crippen molar-refractivity contribution >= 4 is 8.32 Å². The second-order valence-corrected chi connectivity index (χ2v) is 11.1. The third-order valence-electron chi connectivity index (χ3n) is 3.61. The lowest BCUT2D eigenvalue weighted by molar-refractivity contribution is 0.208. The van der Waals surface area contributed by atoms with Crippen molar-refractivity contribution in [3.63, 3.8) is 0 Å². The zero-order valence-corrected chi connectivity index (χ0v) is 13.7.